The summed E-state index contributed by atoms with van der Waals surface area (Å²) in [6, 6.07) is 26.2. The van der Waals surface area contributed by atoms with Crippen LogP contribution in [0.4, 0.5) is 5.13 Å². The maximum Gasteiger partial charge on any atom is 0.260 e. The average molecular weight is 494 g/mol. The van der Waals surface area contributed by atoms with Gasteiger partial charge in [-0.25, -0.2) is 4.98 Å². The van der Waals surface area contributed by atoms with Crippen LogP contribution in [-0.2, 0) is 4.74 Å². The lowest BCUT2D eigenvalue weighted by Crippen LogP contribution is -2.39. The third kappa shape index (κ3) is 5.65. The van der Waals surface area contributed by atoms with E-state index in [1.165, 1.54) is 0 Å². The molecule has 0 unspecified atom stereocenters. The molecule has 0 N–H and O–H groups in total. The summed E-state index contributed by atoms with van der Waals surface area (Å²) in [4.78, 5) is 22.6. The average Bonchev–Trinajstić information content (AvgIpc) is 3.31. The van der Waals surface area contributed by atoms with Gasteiger partial charge in [0.2, 0.25) is 0 Å². The third-order valence-corrected chi connectivity index (χ3v) is 7.02. The number of fused-ring (bicyclic) bond motifs is 1. The van der Waals surface area contributed by atoms with Crippen LogP contribution in [0.1, 0.15) is 16.8 Å². The van der Waals surface area contributed by atoms with E-state index in [9.17, 15) is 4.79 Å². The van der Waals surface area contributed by atoms with Gasteiger partial charge >= 0.3 is 0 Å². The Labute approximate surface area is 210 Å². The smallest absolute Gasteiger partial charge is 0.260 e. The molecule has 1 saturated heterocycles. The molecule has 1 fully saturated rings. The van der Waals surface area contributed by atoms with Crippen LogP contribution in [0.2, 0.25) is 0 Å². The number of ether oxygens (including phenoxy) is 1. The fourth-order valence-corrected chi connectivity index (χ4v) is 5.12. The van der Waals surface area contributed by atoms with Crippen molar-refractivity contribution in [2.75, 3.05) is 44.3 Å². The first-order valence-corrected chi connectivity index (χ1v) is 12.2. The minimum absolute atomic E-state index is 0. The highest BCUT2D eigenvalue weighted by atomic mass is 35.5. The summed E-state index contributed by atoms with van der Waals surface area (Å²) in [6.07, 6.45) is 0.893. The molecule has 176 valence electrons. The van der Waals surface area contributed by atoms with Gasteiger partial charge in [0.15, 0.2) is 5.13 Å². The van der Waals surface area contributed by atoms with Crippen LogP contribution in [0.5, 0.6) is 0 Å². The Morgan fingerprint density at radius 1 is 0.912 bits per heavy atom. The van der Waals surface area contributed by atoms with E-state index < -0.39 is 0 Å². The molecular formula is C27H28ClN3O2S. The quantitative estimate of drug-likeness (QED) is 0.328. The maximum atomic E-state index is 13.6. The van der Waals surface area contributed by atoms with E-state index in [1.807, 2.05) is 65.6 Å². The Morgan fingerprint density at radius 3 is 2.32 bits per heavy atom. The van der Waals surface area contributed by atoms with Gasteiger partial charge in [-0.05, 0) is 41.8 Å². The van der Waals surface area contributed by atoms with Crippen molar-refractivity contribution in [3.63, 3.8) is 0 Å². The van der Waals surface area contributed by atoms with E-state index in [1.54, 1.807) is 11.3 Å². The van der Waals surface area contributed by atoms with E-state index in [0.717, 1.165) is 65.7 Å². The summed E-state index contributed by atoms with van der Waals surface area (Å²) >= 11 is 1.57. The van der Waals surface area contributed by atoms with Gasteiger partial charge in [-0.1, -0.05) is 65.9 Å². The van der Waals surface area contributed by atoms with Crippen LogP contribution in [0.25, 0.3) is 21.3 Å². The molecule has 0 bridgehead atoms. The van der Waals surface area contributed by atoms with E-state index in [4.69, 9.17) is 9.72 Å². The summed E-state index contributed by atoms with van der Waals surface area (Å²) in [5.74, 6) is -0.00403. The number of hydrogen-bond acceptors (Lipinski definition) is 5. The van der Waals surface area contributed by atoms with Crippen LogP contribution in [0.15, 0.2) is 78.9 Å². The van der Waals surface area contributed by atoms with E-state index in [2.05, 4.69) is 23.1 Å². The van der Waals surface area contributed by atoms with Gasteiger partial charge < -0.3 is 4.74 Å². The summed E-state index contributed by atoms with van der Waals surface area (Å²) in [6.45, 7) is 5.07. The molecule has 5 nitrogen and oxygen atoms in total. The monoisotopic (exact) mass is 493 g/mol. The maximum absolute atomic E-state index is 13.6. The number of aromatic nitrogens is 1. The molecule has 3 aromatic carbocycles. The van der Waals surface area contributed by atoms with Crippen molar-refractivity contribution in [1.29, 1.82) is 0 Å². The lowest BCUT2D eigenvalue weighted by molar-refractivity contribution is 0.0376. The zero-order chi connectivity index (χ0) is 22.5. The molecule has 1 aliphatic heterocycles. The van der Waals surface area contributed by atoms with E-state index in [0.29, 0.717) is 12.1 Å². The van der Waals surface area contributed by atoms with Crippen molar-refractivity contribution < 1.29 is 9.53 Å². The molecule has 0 atom stereocenters. The van der Waals surface area contributed by atoms with Crippen LogP contribution < -0.4 is 4.90 Å². The fourth-order valence-electron chi connectivity index (χ4n) is 4.13. The summed E-state index contributed by atoms with van der Waals surface area (Å²) in [5, 5.41) is 0.760. The first-order chi connectivity index (χ1) is 16.3. The lowest BCUT2D eigenvalue weighted by atomic mass is 10.0. The molecule has 5 rings (SSSR count). The number of nitrogens with zero attached hydrogens (tertiary/aromatic N) is 3. The molecule has 1 amide bonds. The number of halogens is 1. The Kier molecular flexibility index (Phi) is 8.29. The fraction of sp³-hybridized carbons (Fsp3) is 0.259. The SMILES string of the molecule is Cl.O=C(c1ccc(-c2ccccc2)cc1)N(CCCN1CCOCC1)c1nc2ccccc2s1. The number of carbonyl (C=O) groups is 1. The van der Waals surface area contributed by atoms with Gasteiger partial charge in [-0.2, -0.15) is 0 Å². The number of rotatable bonds is 7. The van der Waals surface area contributed by atoms with Crippen LogP contribution in [0, 0.1) is 0 Å². The van der Waals surface area contributed by atoms with Crippen molar-refractivity contribution in [2.24, 2.45) is 0 Å². The summed E-state index contributed by atoms with van der Waals surface area (Å²) in [5.41, 5.74) is 3.86. The van der Waals surface area contributed by atoms with Crippen molar-refractivity contribution in [1.82, 2.24) is 9.88 Å². The molecule has 0 aliphatic carbocycles. The molecule has 0 spiro atoms. The molecule has 2 heterocycles. The number of para-hydroxylation sites is 1. The highest BCUT2D eigenvalue weighted by molar-refractivity contribution is 7.22. The van der Waals surface area contributed by atoms with Gasteiger partial charge in [0.05, 0.1) is 23.4 Å². The van der Waals surface area contributed by atoms with Gasteiger partial charge in [0.25, 0.3) is 5.91 Å². The van der Waals surface area contributed by atoms with E-state index in [-0.39, 0.29) is 18.3 Å². The van der Waals surface area contributed by atoms with Gasteiger partial charge in [-0.15, -0.1) is 12.4 Å². The van der Waals surface area contributed by atoms with Crippen molar-refractivity contribution in [3.05, 3.63) is 84.4 Å². The molecule has 7 heteroatoms. The van der Waals surface area contributed by atoms with Crippen LogP contribution >= 0.6 is 23.7 Å². The molecule has 4 aromatic rings. The standard InChI is InChI=1S/C27H27N3O2S.ClH/c31-26(23-13-11-22(12-14-23)21-7-2-1-3-8-21)30(16-6-15-29-17-19-32-20-18-29)27-28-24-9-4-5-10-25(24)33-27;/h1-5,7-14H,6,15-20H2;1H. The molecular weight excluding hydrogens is 466 g/mol. The van der Waals surface area contributed by atoms with Gasteiger partial charge in [0.1, 0.15) is 0 Å². The summed E-state index contributed by atoms with van der Waals surface area (Å²) < 4.78 is 6.55. The van der Waals surface area contributed by atoms with Crippen molar-refractivity contribution in [3.8, 4) is 11.1 Å². The Hall–Kier alpha value is -2.77. The molecule has 0 saturated carbocycles. The number of thiazole rings is 1. The number of carbonyl (C=O) groups excluding carboxylic acids is 1. The molecule has 1 aromatic heterocycles. The zero-order valence-corrected chi connectivity index (χ0v) is 20.6. The van der Waals surface area contributed by atoms with Crippen molar-refractivity contribution in [2.45, 2.75) is 6.42 Å². The number of benzene rings is 3. The second-order valence-corrected chi connectivity index (χ2v) is 9.18. The van der Waals surface area contributed by atoms with Gasteiger partial charge in [-0.3, -0.25) is 14.6 Å². The molecule has 0 radical (unpaired) electrons. The Balaban J connectivity index is 0.00000274. The van der Waals surface area contributed by atoms with Gasteiger partial charge in [0, 0.05) is 31.7 Å². The number of anilines is 1. The van der Waals surface area contributed by atoms with Crippen LogP contribution in [-0.4, -0.2) is 55.2 Å². The minimum Gasteiger partial charge on any atom is -0.379 e. The topological polar surface area (TPSA) is 45.7 Å². The normalized spacial score (nSPS) is 14.0. The second-order valence-electron chi connectivity index (χ2n) is 8.17. The number of morpholine rings is 1. The predicted molar refractivity (Wildman–Crippen MR) is 142 cm³/mol. The van der Waals surface area contributed by atoms with E-state index >= 15 is 0 Å². The first-order valence-electron chi connectivity index (χ1n) is 11.4. The minimum atomic E-state index is -0.00403. The molecule has 1 aliphatic rings. The summed E-state index contributed by atoms with van der Waals surface area (Å²) in [7, 11) is 0. The first kappa shape index (κ1) is 24.4. The van der Waals surface area contributed by atoms with Crippen molar-refractivity contribution >= 4 is 45.0 Å². The predicted octanol–water partition coefficient (Wildman–Crippen LogP) is 5.75. The molecule has 34 heavy (non-hydrogen) atoms. The number of hydrogen-bond donors (Lipinski definition) is 0. The zero-order valence-electron chi connectivity index (χ0n) is 18.9. The highest BCUT2D eigenvalue weighted by Gasteiger charge is 2.22. The second kappa shape index (κ2) is 11.6. The highest BCUT2D eigenvalue weighted by Crippen LogP contribution is 2.30. The number of amides is 1. The Bertz CT molecular complexity index is 1170. The third-order valence-electron chi connectivity index (χ3n) is 5.96. The van der Waals surface area contributed by atoms with Crippen LogP contribution in [0.3, 0.4) is 0 Å². The largest absolute Gasteiger partial charge is 0.379 e. The Morgan fingerprint density at radius 2 is 1.59 bits per heavy atom. The lowest BCUT2D eigenvalue weighted by Gasteiger charge is -2.27.